The van der Waals surface area contributed by atoms with Gasteiger partial charge in [-0.3, -0.25) is 0 Å². The molecule has 1 aromatic carbocycles. The number of aliphatic imine (C=N–C) groups is 1. The van der Waals surface area contributed by atoms with Crippen molar-refractivity contribution in [2.24, 2.45) is 4.99 Å². The number of rotatable bonds is 3. The van der Waals surface area contributed by atoms with Crippen LogP contribution in [0.1, 0.15) is 26.7 Å². The third-order valence-electron chi connectivity index (χ3n) is 3.95. The summed E-state index contributed by atoms with van der Waals surface area (Å²) in [5, 5.41) is 0. The highest BCUT2D eigenvalue weighted by Crippen LogP contribution is 2.36. The predicted molar refractivity (Wildman–Crippen MR) is 87.4 cm³/mol. The number of amides is 1. The summed E-state index contributed by atoms with van der Waals surface area (Å²) in [5.74, 6) is 0. The van der Waals surface area contributed by atoms with Gasteiger partial charge in [0, 0.05) is 30.9 Å². The van der Waals surface area contributed by atoms with Crippen LogP contribution in [0.5, 0.6) is 0 Å². The molecule has 0 fully saturated rings. The number of quaternary nitrogens is 1. The average Bonchev–Trinajstić information content (AvgIpc) is 3.18. The van der Waals surface area contributed by atoms with Crippen molar-refractivity contribution in [3.63, 3.8) is 0 Å². The zero-order valence-corrected chi connectivity index (χ0v) is 12.8. The Labute approximate surface area is 129 Å². The molecule has 0 saturated heterocycles. The van der Waals surface area contributed by atoms with E-state index in [4.69, 9.17) is 0 Å². The van der Waals surface area contributed by atoms with E-state index in [1.54, 1.807) is 18.7 Å². The number of aromatic nitrogens is 2. The Morgan fingerprint density at radius 1 is 1.27 bits per heavy atom. The highest BCUT2D eigenvalue weighted by atomic mass is 16.2. The summed E-state index contributed by atoms with van der Waals surface area (Å²) in [6.07, 6.45) is 8.34. The predicted octanol–water partition coefficient (Wildman–Crippen LogP) is 3.93. The van der Waals surface area contributed by atoms with Gasteiger partial charge in [-0.1, -0.05) is 25.1 Å². The molecule has 5 nitrogen and oxygen atoms in total. The number of imidazole rings is 1. The monoisotopic (exact) mass is 295 g/mol. The lowest BCUT2D eigenvalue weighted by atomic mass is 10.1. The van der Waals surface area contributed by atoms with Crippen molar-refractivity contribution in [3.05, 3.63) is 60.4 Å². The molecule has 1 aromatic heterocycles. The average molecular weight is 295 g/mol. The first-order valence-electron chi connectivity index (χ1n) is 7.43. The summed E-state index contributed by atoms with van der Waals surface area (Å²) in [5.41, 5.74) is 2.83. The third-order valence-corrected chi connectivity index (χ3v) is 3.95. The molecule has 112 valence electrons. The van der Waals surface area contributed by atoms with E-state index >= 15 is 0 Å². The van der Waals surface area contributed by atoms with Gasteiger partial charge in [0.25, 0.3) is 0 Å². The second kappa shape index (κ2) is 5.69. The molecule has 0 spiro atoms. The fraction of sp³-hybridized carbons (Fsp3) is 0.235. The summed E-state index contributed by atoms with van der Waals surface area (Å²) in [7, 11) is 0. The van der Waals surface area contributed by atoms with Gasteiger partial charge in [-0.05, 0) is 13.3 Å². The van der Waals surface area contributed by atoms with Crippen molar-refractivity contribution in [3.8, 4) is 0 Å². The molecule has 2 heterocycles. The molecule has 0 N–H and O–H groups in total. The maximum Gasteiger partial charge on any atom is 0.444 e. The maximum absolute atomic E-state index is 13.2. The van der Waals surface area contributed by atoms with Crippen molar-refractivity contribution in [2.75, 3.05) is 0 Å². The fourth-order valence-electron chi connectivity index (χ4n) is 2.88. The van der Waals surface area contributed by atoms with Gasteiger partial charge in [-0.25, -0.2) is 19.3 Å². The fourth-order valence-corrected chi connectivity index (χ4v) is 2.88. The van der Waals surface area contributed by atoms with Crippen LogP contribution in [0.2, 0.25) is 0 Å². The minimum Gasteiger partial charge on any atom is -0.245 e. The van der Waals surface area contributed by atoms with Crippen molar-refractivity contribution in [2.45, 2.75) is 26.7 Å². The molecule has 2 aromatic rings. The van der Waals surface area contributed by atoms with Gasteiger partial charge in [0.2, 0.25) is 6.34 Å². The van der Waals surface area contributed by atoms with E-state index in [0.29, 0.717) is 0 Å². The number of carbonyl (C=O) groups is 1. The number of hydrogen-bond donors (Lipinski definition) is 0. The van der Waals surface area contributed by atoms with Gasteiger partial charge < -0.3 is 0 Å². The molecule has 1 aliphatic rings. The molecule has 22 heavy (non-hydrogen) atoms. The standard InChI is InChI=1S/C17H19N4O/c1-3-7-16-14(2)19-13-21(16,15-8-5-4-6-9-15)17(22)20-11-10-18-12-20/h4-6,8-13H,3,7H2,1-2H3/q+1. The van der Waals surface area contributed by atoms with Crippen molar-refractivity contribution in [1.29, 1.82) is 0 Å². The zero-order valence-electron chi connectivity index (χ0n) is 12.8. The molecule has 1 amide bonds. The largest absolute Gasteiger partial charge is 0.444 e. The van der Waals surface area contributed by atoms with E-state index in [2.05, 4.69) is 16.9 Å². The minimum absolute atomic E-state index is 0.0108. The van der Waals surface area contributed by atoms with Crippen LogP contribution in [0.3, 0.4) is 0 Å². The molecule has 1 aliphatic heterocycles. The Morgan fingerprint density at radius 3 is 2.68 bits per heavy atom. The number of hydrogen-bond acceptors (Lipinski definition) is 3. The molecule has 1 unspecified atom stereocenters. The summed E-state index contributed by atoms with van der Waals surface area (Å²) in [6, 6.07) is 9.69. The van der Waals surface area contributed by atoms with Crippen molar-refractivity contribution < 1.29 is 4.79 Å². The molecule has 0 bridgehead atoms. The smallest absolute Gasteiger partial charge is 0.245 e. The molecular formula is C17H19N4O+. The maximum atomic E-state index is 13.2. The van der Waals surface area contributed by atoms with Gasteiger partial charge in [-0.15, -0.1) is 4.48 Å². The number of carbonyl (C=O) groups excluding carboxylic acids is 1. The number of allylic oxidation sites excluding steroid dienone is 2. The van der Waals surface area contributed by atoms with Crippen LogP contribution in [0, 0.1) is 0 Å². The third kappa shape index (κ3) is 2.10. The molecule has 5 heteroatoms. The Bertz CT molecular complexity index is 731. The molecule has 0 saturated carbocycles. The normalized spacial score (nSPS) is 20.6. The van der Waals surface area contributed by atoms with E-state index < -0.39 is 0 Å². The summed E-state index contributed by atoms with van der Waals surface area (Å²) < 4.78 is 1.53. The van der Waals surface area contributed by atoms with E-state index in [-0.39, 0.29) is 10.5 Å². The van der Waals surface area contributed by atoms with E-state index in [1.807, 2.05) is 37.3 Å². The van der Waals surface area contributed by atoms with E-state index in [1.165, 1.54) is 10.9 Å². The number of nitrogens with zero attached hydrogens (tertiary/aromatic N) is 4. The van der Waals surface area contributed by atoms with Crippen LogP contribution in [0.4, 0.5) is 10.5 Å². The van der Waals surface area contributed by atoms with E-state index in [9.17, 15) is 4.79 Å². The van der Waals surface area contributed by atoms with Crippen LogP contribution in [-0.4, -0.2) is 21.9 Å². The lowest BCUT2D eigenvalue weighted by Gasteiger charge is -2.29. The first-order valence-corrected chi connectivity index (χ1v) is 7.43. The second-order valence-corrected chi connectivity index (χ2v) is 5.34. The number of benzene rings is 1. The second-order valence-electron chi connectivity index (χ2n) is 5.34. The Kier molecular flexibility index (Phi) is 3.73. The van der Waals surface area contributed by atoms with Crippen molar-refractivity contribution >= 4 is 18.1 Å². The van der Waals surface area contributed by atoms with Crippen LogP contribution in [0.25, 0.3) is 0 Å². The SMILES string of the molecule is CCCC1=C(C)N=C[N+]1(C(=O)n1ccnc1)c1ccccc1. The van der Waals surface area contributed by atoms with Gasteiger partial charge >= 0.3 is 6.03 Å². The van der Waals surface area contributed by atoms with Crippen LogP contribution in [0.15, 0.2) is 65.4 Å². The minimum atomic E-state index is -0.0900. The van der Waals surface area contributed by atoms with Gasteiger partial charge in [0.1, 0.15) is 12.0 Å². The highest BCUT2D eigenvalue weighted by molar-refractivity contribution is 6.06. The summed E-state index contributed by atoms with van der Waals surface area (Å²) in [6.45, 7) is 4.07. The lowest BCUT2D eigenvalue weighted by Crippen LogP contribution is -2.52. The molecular weight excluding hydrogens is 276 g/mol. The molecule has 0 radical (unpaired) electrons. The quantitative estimate of drug-likeness (QED) is 0.805. The summed E-state index contributed by atoms with van der Waals surface area (Å²) >= 11 is 0. The lowest BCUT2D eigenvalue weighted by molar-refractivity contribution is 0.229. The van der Waals surface area contributed by atoms with Crippen LogP contribution in [-0.2, 0) is 0 Å². The van der Waals surface area contributed by atoms with Gasteiger partial charge in [-0.2, -0.15) is 0 Å². The molecule has 0 aliphatic carbocycles. The van der Waals surface area contributed by atoms with Crippen LogP contribution < -0.4 is 4.48 Å². The van der Waals surface area contributed by atoms with Crippen LogP contribution >= 0.6 is 0 Å². The topological polar surface area (TPSA) is 47.2 Å². The Morgan fingerprint density at radius 2 is 2.05 bits per heavy atom. The number of para-hydroxylation sites is 1. The summed E-state index contributed by atoms with van der Waals surface area (Å²) in [4.78, 5) is 21.7. The van der Waals surface area contributed by atoms with Crippen molar-refractivity contribution in [1.82, 2.24) is 14.0 Å². The Balaban J connectivity index is 2.20. The van der Waals surface area contributed by atoms with Gasteiger partial charge in [0.05, 0.1) is 0 Å². The van der Waals surface area contributed by atoms with Gasteiger partial charge in [0.15, 0.2) is 11.4 Å². The molecule has 3 rings (SSSR count). The highest BCUT2D eigenvalue weighted by Gasteiger charge is 2.47. The zero-order chi connectivity index (χ0) is 15.6. The first kappa shape index (κ1) is 14.4. The Hall–Kier alpha value is -2.53. The first-order chi connectivity index (χ1) is 10.7. The molecule has 1 atom stereocenters. The van der Waals surface area contributed by atoms with E-state index in [0.717, 1.165) is 29.9 Å².